The largest absolute Gasteiger partial charge is 0.337 e. The standard InChI is InChI=1S/C16H24ClN3O/c1-16(2,3)13-10-12(11-14(17)18-13)15(21)20-7-5-6-19(4)8-9-20/h10-11H,5-9H2,1-4H3. The van der Waals surface area contributed by atoms with Crippen LogP contribution in [0.2, 0.25) is 5.15 Å². The average Bonchev–Trinajstić information content (AvgIpc) is 2.61. The Labute approximate surface area is 132 Å². The molecule has 0 spiro atoms. The Morgan fingerprint density at radius 3 is 2.57 bits per heavy atom. The SMILES string of the molecule is CN1CCCN(C(=O)c2cc(Cl)nc(C(C)(C)C)c2)CC1. The molecule has 116 valence electrons. The molecule has 1 amide bonds. The summed E-state index contributed by atoms with van der Waals surface area (Å²) < 4.78 is 0. The van der Waals surface area contributed by atoms with E-state index in [9.17, 15) is 4.79 Å². The van der Waals surface area contributed by atoms with Gasteiger partial charge in [0.05, 0.1) is 0 Å². The summed E-state index contributed by atoms with van der Waals surface area (Å²) in [5, 5.41) is 0.387. The molecular weight excluding hydrogens is 286 g/mol. The van der Waals surface area contributed by atoms with E-state index in [1.807, 2.05) is 11.0 Å². The van der Waals surface area contributed by atoms with Crippen molar-refractivity contribution in [3.63, 3.8) is 0 Å². The molecule has 5 heteroatoms. The molecule has 2 heterocycles. The fourth-order valence-electron chi connectivity index (χ4n) is 2.44. The van der Waals surface area contributed by atoms with E-state index in [2.05, 4.69) is 37.7 Å². The molecule has 0 radical (unpaired) electrons. The fourth-order valence-corrected chi connectivity index (χ4v) is 2.65. The molecular formula is C16H24ClN3O. The van der Waals surface area contributed by atoms with Crippen molar-refractivity contribution in [3.05, 3.63) is 28.5 Å². The molecule has 1 saturated heterocycles. The van der Waals surface area contributed by atoms with Crippen LogP contribution in [0.4, 0.5) is 0 Å². The minimum atomic E-state index is -0.126. The predicted molar refractivity (Wildman–Crippen MR) is 86.0 cm³/mol. The number of hydrogen-bond donors (Lipinski definition) is 0. The lowest BCUT2D eigenvalue weighted by Crippen LogP contribution is -2.34. The van der Waals surface area contributed by atoms with Gasteiger partial charge in [0.25, 0.3) is 5.91 Å². The van der Waals surface area contributed by atoms with E-state index in [0.29, 0.717) is 10.7 Å². The predicted octanol–water partition coefficient (Wildman–Crippen LogP) is 2.81. The van der Waals surface area contributed by atoms with Gasteiger partial charge in [-0.05, 0) is 32.1 Å². The van der Waals surface area contributed by atoms with Gasteiger partial charge in [0, 0.05) is 36.3 Å². The number of rotatable bonds is 1. The second-order valence-electron chi connectivity index (χ2n) is 6.76. The number of likely N-dealkylation sites (N-methyl/N-ethyl adjacent to an activating group) is 1. The Kier molecular flexibility index (Phi) is 4.89. The van der Waals surface area contributed by atoms with Gasteiger partial charge in [-0.1, -0.05) is 32.4 Å². The highest BCUT2D eigenvalue weighted by atomic mass is 35.5. The lowest BCUT2D eigenvalue weighted by molar-refractivity contribution is 0.0762. The minimum absolute atomic E-state index is 0.0556. The van der Waals surface area contributed by atoms with Crippen molar-refractivity contribution >= 4 is 17.5 Å². The Hall–Kier alpha value is -1.13. The molecule has 2 rings (SSSR count). The summed E-state index contributed by atoms with van der Waals surface area (Å²) in [5.41, 5.74) is 1.37. The molecule has 0 saturated carbocycles. The lowest BCUT2D eigenvalue weighted by atomic mass is 9.91. The third-order valence-corrected chi connectivity index (χ3v) is 4.01. The van der Waals surface area contributed by atoms with Crippen molar-refractivity contribution in [2.24, 2.45) is 0 Å². The first-order chi connectivity index (χ1) is 9.77. The van der Waals surface area contributed by atoms with Crippen molar-refractivity contribution in [1.29, 1.82) is 0 Å². The molecule has 0 N–H and O–H groups in total. The molecule has 4 nitrogen and oxygen atoms in total. The Bertz CT molecular complexity index is 525. The van der Waals surface area contributed by atoms with Crippen LogP contribution in [-0.4, -0.2) is 53.9 Å². The van der Waals surface area contributed by atoms with Gasteiger partial charge in [0.1, 0.15) is 5.15 Å². The summed E-state index contributed by atoms with van der Waals surface area (Å²) in [5.74, 6) is 0.0556. The van der Waals surface area contributed by atoms with E-state index in [0.717, 1.165) is 38.3 Å². The van der Waals surface area contributed by atoms with E-state index in [1.165, 1.54) is 0 Å². The van der Waals surface area contributed by atoms with Gasteiger partial charge >= 0.3 is 0 Å². The van der Waals surface area contributed by atoms with Gasteiger partial charge in [-0.15, -0.1) is 0 Å². The van der Waals surface area contributed by atoms with E-state index in [-0.39, 0.29) is 11.3 Å². The van der Waals surface area contributed by atoms with Crippen molar-refractivity contribution < 1.29 is 4.79 Å². The number of hydrogen-bond acceptors (Lipinski definition) is 3. The molecule has 0 aliphatic carbocycles. The maximum atomic E-state index is 12.7. The summed E-state index contributed by atoms with van der Waals surface area (Å²) in [4.78, 5) is 21.2. The molecule has 0 aromatic carbocycles. The van der Waals surface area contributed by atoms with Gasteiger partial charge < -0.3 is 9.80 Å². The Morgan fingerprint density at radius 2 is 1.90 bits per heavy atom. The van der Waals surface area contributed by atoms with Crippen LogP contribution in [0.3, 0.4) is 0 Å². The van der Waals surface area contributed by atoms with Crippen LogP contribution < -0.4 is 0 Å². The number of aromatic nitrogens is 1. The molecule has 0 unspecified atom stereocenters. The van der Waals surface area contributed by atoms with Crippen LogP contribution >= 0.6 is 11.6 Å². The highest BCUT2D eigenvalue weighted by Gasteiger charge is 2.23. The number of nitrogens with zero attached hydrogens (tertiary/aromatic N) is 3. The highest BCUT2D eigenvalue weighted by molar-refractivity contribution is 6.29. The zero-order chi connectivity index (χ0) is 15.6. The Morgan fingerprint density at radius 1 is 1.19 bits per heavy atom. The van der Waals surface area contributed by atoms with Crippen molar-refractivity contribution in [2.75, 3.05) is 33.2 Å². The van der Waals surface area contributed by atoms with E-state index in [1.54, 1.807) is 6.07 Å². The van der Waals surface area contributed by atoms with E-state index in [4.69, 9.17) is 11.6 Å². The zero-order valence-corrected chi connectivity index (χ0v) is 14.1. The molecule has 1 aromatic rings. The number of pyridine rings is 1. The maximum Gasteiger partial charge on any atom is 0.254 e. The monoisotopic (exact) mass is 309 g/mol. The van der Waals surface area contributed by atoms with Gasteiger partial charge in [-0.25, -0.2) is 4.98 Å². The van der Waals surface area contributed by atoms with E-state index < -0.39 is 0 Å². The summed E-state index contributed by atoms with van der Waals surface area (Å²) >= 11 is 6.10. The van der Waals surface area contributed by atoms with Gasteiger partial charge in [-0.3, -0.25) is 4.79 Å². The number of amides is 1. The summed E-state index contributed by atoms with van der Waals surface area (Å²) in [6, 6.07) is 3.55. The highest BCUT2D eigenvalue weighted by Crippen LogP contribution is 2.24. The normalized spacial score (nSPS) is 17.7. The molecule has 0 atom stereocenters. The van der Waals surface area contributed by atoms with Crippen molar-refractivity contribution in [2.45, 2.75) is 32.6 Å². The molecule has 1 fully saturated rings. The first-order valence-corrected chi connectivity index (χ1v) is 7.81. The average molecular weight is 310 g/mol. The third-order valence-electron chi connectivity index (χ3n) is 3.82. The van der Waals surface area contributed by atoms with Crippen LogP contribution in [0.15, 0.2) is 12.1 Å². The van der Waals surface area contributed by atoms with Gasteiger partial charge in [0.15, 0.2) is 0 Å². The first kappa shape index (κ1) is 16.2. The lowest BCUT2D eigenvalue weighted by Gasteiger charge is -2.23. The van der Waals surface area contributed by atoms with Crippen LogP contribution in [0.25, 0.3) is 0 Å². The molecule has 1 aliphatic heterocycles. The van der Waals surface area contributed by atoms with Gasteiger partial charge in [-0.2, -0.15) is 0 Å². The van der Waals surface area contributed by atoms with Crippen LogP contribution in [0, 0.1) is 0 Å². The van der Waals surface area contributed by atoms with Crippen molar-refractivity contribution in [3.8, 4) is 0 Å². The second-order valence-corrected chi connectivity index (χ2v) is 7.15. The van der Waals surface area contributed by atoms with Crippen LogP contribution in [0.5, 0.6) is 0 Å². The van der Waals surface area contributed by atoms with Crippen LogP contribution in [0.1, 0.15) is 43.2 Å². The summed E-state index contributed by atoms with van der Waals surface area (Å²) in [7, 11) is 2.09. The number of halogens is 1. The molecule has 21 heavy (non-hydrogen) atoms. The van der Waals surface area contributed by atoms with Crippen molar-refractivity contribution in [1.82, 2.24) is 14.8 Å². The first-order valence-electron chi connectivity index (χ1n) is 7.43. The molecule has 1 aliphatic rings. The summed E-state index contributed by atoms with van der Waals surface area (Å²) in [6.07, 6.45) is 1.01. The van der Waals surface area contributed by atoms with Crippen LogP contribution in [-0.2, 0) is 5.41 Å². The second kappa shape index (κ2) is 6.32. The molecule has 0 bridgehead atoms. The number of carbonyl (C=O) groups excluding carboxylic acids is 1. The topological polar surface area (TPSA) is 36.4 Å². The van der Waals surface area contributed by atoms with Gasteiger partial charge in [0.2, 0.25) is 0 Å². The third kappa shape index (κ3) is 4.17. The molecule has 1 aromatic heterocycles. The maximum absolute atomic E-state index is 12.7. The smallest absolute Gasteiger partial charge is 0.254 e. The summed E-state index contributed by atoms with van der Waals surface area (Å²) in [6.45, 7) is 9.72. The number of carbonyl (C=O) groups is 1. The zero-order valence-electron chi connectivity index (χ0n) is 13.3. The fraction of sp³-hybridized carbons (Fsp3) is 0.625. The minimum Gasteiger partial charge on any atom is -0.337 e. The van der Waals surface area contributed by atoms with E-state index >= 15 is 0 Å². The Balaban J connectivity index is 2.24. The quantitative estimate of drug-likeness (QED) is 0.749.